The van der Waals surface area contributed by atoms with Crippen LogP contribution in [-0.4, -0.2) is 48.2 Å². The summed E-state index contributed by atoms with van der Waals surface area (Å²) in [5.74, 6) is 0.388. The first-order valence-electron chi connectivity index (χ1n) is 7.22. The fourth-order valence-corrected chi connectivity index (χ4v) is 2.92. The molecule has 2 fully saturated rings. The molecule has 0 aromatic carbocycles. The van der Waals surface area contributed by atoms with Crippen LogP contribution < -0.4 is 0 Å². The van der Waals surface area contributed by atoms with Crippen LogP contribution in [0.15, 0.2) is 0 Å². The van der Waals surface area contributed by atoms with Crippen LogP contribution in [0.3, 0.4) is 0 Å². The summed E-state index contributed by atoms with van der Waals surface area (Å²) in [6, 6.07) is 0. The molecule has 1 N–H and O–H groups in total. The second-order valence-corrected chi connectivity index (χ2v) is 5.69. The molecule has 2 rings (SSSR count). The average Bonchev–Trinajstić information content (AvgIpc) is 2.89. The number of aliphatic carboxylic acids is 1. The lowest BCUT2D eigenvalue weighted by Crippen LogP contribution is -2.39. The van der Waals surface area contributed by atoms with Gasteiger partial charge in [0.1, 0.15) is 0 Å². The number of carboxylic acids is 1. The van der Waals surface area contributed by atoms with Crippen molar-refractivity contribution in [2.75, 3.05) is 26.3 Å². The van der Waals surface area contributed by atoms with E-state index < -0.39 is 5.97 Å². The molecular weight excluding hydrogens is 246 g/mol. The number of ether oxygens (including phenoxy) is 1. The number of likely N-dealkylation sites (tertiary alicyclic amines) is 1. The van der Waals surface area contributed by atoms with E-state index in [9.17, 15) is 9.59 Å². The van der Waals surface area contributed by atoms with E-state index in [1.807, 2.05) is 4.90 Å². The Morgan fingerprint density at radius 1 is 1.16 bits per heavy atom. The summed E-state index contributed by atoms with van der Waals surface area (Å²) < 4.78 is 5.29. The molecule has 2 aliphatic heterocycles. The van der Waals surface area contributed by atoms with Crippen LogP contribution in [0, 0.1) is 11.8 Å². The van der Waals surface area contributed by atoms with Crippen LogP contribution in [0.25, 0.3) is 0 Å². The van der Waals surface area contributed by atoms with Crippen molar-refractivity contribution in [2.45, 2.75) is 38.5 Å². The molecule has 0 unspecified atom stereocenters. The Hall–Kier alpha value is -1.10. The number of carbonyl (C=O) groups excluding carboxylic acids is 1. The van der Waals surface area contributed by atoms with Gasteiger partial charge in [0.25, 0.3) is 0 Å². The van der Waals surface area contributed by atoms with E-state index in [-0.39, 0.29) is 12.3 Å². The highest BCUT2D eigenvalue weighted by atomic mass is 16.5. The highest BCUT2D eigenvalue weighted by molar-refractivity contribution is 5.76. The molecule has 19 heavy (non-hydrogen) atoms. The lowest BCUT2D eigenvalue weighted by molar-refractivity contribution is -0.138. The Balaban J connectivity index is 1.67. The van der Waals surface area contributed by atoms with Crippen molar-refractivity contribution >= 4 is 11.9 Å². The van der Waals surface area contributed by atoms with Crippen molar-refractivity contribution in [3.05, 3.63) is 0 Å². The van der Waals surface area contributed by atoms with E-state index in [0.717, 1.165) is 52.0 Å². The Morgan fingerprint density at radius 3 is 2.47 bits per heavy atom. The Kier molecular flexibility index (Phi) is 5.19. The fraction of sp³-hybridized carbons (Fsp3) is 0.857. The monoisotopic (exact) mass is 269 g/mol. The van der Waals surface area contributed by atoms with Crippen LogP contribution in [0.5, 0.6) is 0 Å². The summed E-state index contributed by atoms with van der Waals surface area (Å²) in [5, 5.41) is 8.67. The third-order valence-electron chi connectivity index (χ3n) is 4.22. The minimum absolute atomic E-state index is 0.243. The van der Waals surface area contributed by atoms with Gasteiger partial charge < -0.3 is 14.7 Å². The molecular formula is C14H23NO4. The molecule has 5 heteroatoms. The minimum atomic E-state index is -0.722. The smallest absolute Gasteiger partial charge is 0.303 e. The first kappa shape index (κ1) is 14.3. The maximum Gasteiger partial charge on any atom is 0.303 e. The zero-order valence-corrected chi connectivity index (χ0v) is 11.3. The van der Waals surface area contributed by atoms with Gasteiger partial charge in [0.2, 0.25) is 5.91 Å². The molecule has 0 saturated carbocycles. The fourth-order valence-electron chi connectivity index (χ4n) is 2.92. The van der Waals surface area contributed by atoms with Gasteiger partial charge in [-0.2, -0.15) is 0 Å². The quantitative estimate of drug-likeness (QED) is 0.821. The van der Waals surface area contributed by atoms with Gasteiger partial charge in [-0.25, -0.2) is 0 Å². The zero-order valence-electron chi connectivity index (χ0n) is 11.3. The second-order valence-electron chi connectivity index (χ2n) is 5.69. The lowest BCUT2D eigenvalue weighted by atomic mass is 9.91. The van der Waals surface area contributed by atoms with Crippen LogP contribution >= 0.6 is 0 Å². The van der Waals surface area contributed by atoms with Crippen LogP contribution in [0.4, 0.5) is 0 Å². The number of hydrogen-bond donors (Lipinski definition) is 1. The SMILES string of the molecule is O=C(O)CCC1CCN(C(=O)C[C@@H]2CCOC2)CC1. The second kappa shape index (κ2) is 6.89. The van der Waals surface area contributed by atoms with Crippen molar-refractivity contribution < 1.29 is 19.4 Å². The van der Waals surface area contributed by atoms with Crippen molar-refractivity contribution in [1.82, 2.24) is 4.90 Å². The maximum atomic E-state index is 12.1. The summed E-state index contributed by atoms with van der Waals surface area (Å²) in [6.07, 6.45) is 4.49. The minimum Gasteiger partial charge on any atom is -0.481 e. The Bertz CT molecular complexity index is 317. The number of amides is 1. The van der Waals surface area contributed by atoms with E-state index in [1.165, 1.54) is 0 Å². The van der Waals surface area contributed by atoms with Gasteiger partial charge in [-0.1, -0.05) is 0 Å². The van der Waals surface area contributed by atoms with Crippen molar-refractivity contribution in [1.29, 1.82) is 0 Å². The number of carboxylic acid groups (broad SMARTS) is 1. The number of carbonyl (C=O) groups is 2. The Morgan fingerprint density at radius 2 is 1.89 bits per heavy atom. The molecule has 1 amide bonds. The summed E-state index contributed by atoms with van der Waals surface area (Å²) >= 11 is 0. The molecule has 2 heterocycles. The van der Waals surface area contributed by atoms with Crippen LogP contribution in [0.2, 0.25) is 0 Å². The normalized spacial score (nSPS) is 24.6. The average molecular weight is 269 g/mol. The molecule has 2 saturated heterocycles. The Labute approximate surface area is 113 Å². The van der Waals surface area contributed by atoms with E-state index in [0.29, 0.717) is 18.3 Å². The topological polar surface area (TPSA) is 66.8 Å². The number of hydrogen-bond acceptors (Lipinski definition) is 3. The molecule has 1 atom stereocenters. The van der Waals surface area contributed by atoms with E-state index in [4.69, 9.17) is 9.84 Å². The predicted octanol–water partition coefficient (Wildman–Crippen LogP) is 1.52. The molecule has 0 aliphatic carbocycles. The highest BCUT2D eigenvalue weighted by Crippen LogP contribution is 2.24. The largest absolute Gasteiger partial charge is 0.481 e. The maximum absolute atomic E-state index is 12.1. The highest BCUT2D eigenvalue weighted by Gasteiger charge is 2.26. The molecule has 0 spiro atoms. The zero-order chi connectivity index (χ0) is 13.7. The summed E-state index contributed by atoms with van der Waals surface area (Å²) in [5.41, 5.74) is 0. The third kappa shape index (κ3) is 4.49. The van der Waals surface area contributed by atoms with Gasteiger partial charge in [-0.3, -0.25) is 9.59 Å². The van der Waals surface area contributed by atoms with E-state index >= 15 is 0 Å². The lowest BCUT2D eigenvalue weighted by Gasteiger charge is -2.32. The predicted molar refractivity (Wildman–Crippen MR) is 69.7 cm³/mol. The molecule has 2 aliphatic rings. The molecule has 108 valence electrons. The first-order chi connectivity index (χ1) is 9.15. The molecule has 0 aromatic rings. The standard InChI is InChI=1S/C14H23NO4/c16-13(9-12-5-8-19-10-12)15-6-3-11(4-7-15)1-2-14(17)18/h11-12H,1-10H2,(H,17,18)/t12-/m0/s1. The van der Waals surface area contributed by atoms with Gasteiger partial charge in [-0.15, -0.1) is 0 Å². The first-order valence-corrected chi connectivity index (χ1v) is 7.22. The summed E-state index contributed by atoms with van der Waals surface area (Å²) in [4.78, 5) is 24.6. The number of piperidine rings is 1. The van der Waals surface area contributed by atoms with E-state index in [2.05, 4.69) is 0 Å². The van der Waals surface area contributed by atoms with Crippen molar-refractivity contribution in [3.63, 3.8) is 0 Å². The molecule has 5 nitrogen and oxygen atoms in total. The van der Waals surface area contributed by atoms with Crippen LogP contribution in [0.1, 0.15) is 38.5 Å². The van der Waals surface area contributed by atoms with Gasteiger partial charge >= 0.3 is 5.97 Å². The summed E-state index contributed by atoms with van der Waals surface area (Å²) in [7, 11) is 0. The third-order valence-corrected chi connectivity index (χ3v) is 4.22. The molecule has 0 bridgehead atoms. The molecule has 0 aromatic heterocycles. The van der Waals surface area contributed by atoms with Gasteiger partial charge in [0.05, 0.1) is 0 Å². The number of rotatable bonds is 5. The van der Waals surface area contributed by atoms with Gasteiger partial charge in [-0.05, 0) is 37.5 Å². The van der Waals surface area contributed by atoms with Gasteiger partial charge in [0.15, 0.2) is 0 Å². The van der Waals surface area contributed by atoms with Crippen molar-refractivity contribution in [3.8, 4) is 0 Å². The van der Waals surface area contributed by atoms with Crippen molar-refractivity contribution in [2.24, 2.45) is 11.8 Å². The number of nitrogens with zero attached hydrogens (tertiary/aromatic N) is 1. The molecule has 0 radical (unpaired) electrons. The summed E-state index contributed by atoms with van der Waals surface area (Å²) in [6.45, 7) is 3.09. The van der Waals surface area contributed by atoms with Crippen LogP contribution in [-0.2, 0) is 14.3 Å². The van der Waals surface area contributed by atoms with E-state index in [1.54, 1.807) is 0 Å². The van der Waals surface area contributed by atoms with Gasteiger partial charge in [0, 0.05) is 39.1 Å².